The lowest BCUT2D eigenvalue weighted by atomic mass is 9.88. The van der Waals surface area contributed by atoms with Crippen molar-refractivity contribution in [3.05, 3.63) is 65.2 Å². The van der Waals surface area contributed by atoms with Crippen molar-refractivity contribution in [2.24, 2.45) is 5.73 Å². The second kappa shape index (κ2) is 8.36. The van der Waals surface area contributed by atoms with Crippen molar-refractivity contribution in [2.45, 2.75) is 36.6 Å². The van der Waals surface area contributed by atoms with Crippen LogP contribution in [0.25, 0.3) is 0 Å². The minimum atomic E-state index is -2.24. The van der Waals surface area contributed by atoms with Crippen LogP contribution >= 0.6 is 0 Å². The Labute approximate surface area is 163 Å². The van der Waals surface area contributed by atoms with Crippen molar-refractivity contribution in [1.29, 1.82) is 0 Å². The van der Waals surface area contributed by atoms with Gasteiger partial charge in [0.15, 0.2) is 0 Å². The van der Waals surface area contributed by atoms with Gasteiger partial charge in [-0.15, -0.1) is 0 Å². The molecule has 1 fully saturated rings. The standard InChI is InChI=1S/C22H30N2O2S/c1-27(2,26)21-8-6-17(7-9-21)15-22(25)24-12-10-19(11-13-24)20-5-3-4-18(14-20)16-23/h3-9,14,19,27H,10-13,15-16,23H2,1-2H3. The fraction of sp³-hybridized carbons (Fsp3) is 0.409. The van der Waals surface area contributed by atoms with Crippen LogP contribution in [0, 0.1) is 0 Å². The Kier molecular flexibility index (Phi) is 6.12. The van der Waals surface area contributed by atoms with Gasteiger partial charge in [-0.05, 0) is 60.1 Å². The van der Waals surface area contributed by atoms with Crippen LogP contribution in [0.3, 0.4) is 0 Å². The molecule has 2 aromatic carbocycles. The van der Waals surface area contributed by atoms with Gasteiger partial charge < -0.3 is 10.6 Å². The molecular formula is C22H30N2O2S. The summed E-state index contributed by atoms with van der Waals surface area (Å²) in [5, 5.41) is 0. The molecule has 0 radical (unpaired) electrons. The van der Waals surface area contributed by atoms with Crippen molar-refractivity contribution in [3.63, 3.8) is 0 Å². The number of rotatable bonds is 5. The van der Waals surface area contributed by atoms with Crippen LogP contribution in [0.1, 0.15) is 35.4 Å². The number of benzene rings is 2. The Morgan fingerprint density at radius 3 is 2.33 bits per heavy atom. The van der Waals surface area contributed by atoms with Crippen LogP contribution in [-0.2, 0) is 27.7 Å². The monoisotopic (exact) mass is 386 g/mol. The maximum absolute atomic E-state index is 12.6. The predicted octanol–water partition coefficient (Wildman–Crippen LogP) is 2.73. The summed E-state index contributed by atoms with van der Waals surface area (Å²) in [5.74, 6) is 0.677. The Hall–Kier alpha value is -1.98. The molecule has 1 aliphatic rings. The topological polar surface area (TPSA) is 63.4 Å². The van der Waals surface area contributed by atoms with Gasteiger partial charge in [-0.3, -0.25) is 9.00 Å². The van der Waals surface area contributed by atoms with Crippen LogP contribution in [0.5, 0.6) is 0 Å². The number of carbonyl (C=O) groups excluding carboxylic acids is 1. The summed E-state index contributed by atoms with van der Waals surface area (Å²) in [7, 11) is -2.24. The smallest absolute Gasteiger partial charge is 0.226 e. The van der Waals surface area contributed by atoms with Gasteiger partial charge in [0.2, 0.25) is 5.91 Å². The summed E-state index contributed by atoms with van der Waals surface area (Å²) in [6.45, 7) is 2.16. The summed E-state index contributed by atoms with van der Waals surface area (Å²) in [6.07, 6.45) is 5.92. The zero-order valence-electron chi connectivity index (χ0n) is 16.2. The lowest BCUT2D eigenvalue weighted by Crippen LogP contribution is -2.38. The highest BCUT2D eigenvalue weighted by atomic mass is 32.2. The lowest BCUT2D eigenvalue weighted by molar-refractivity contribution is -0.131. The summed E-state index contributed by atoms with van der Waals surface area (Å²) in [4.78, 5) is 15.5. The fourth-order valence-corrected chi connectivity index (χ4v) is 4.56. The third-order valence-corrected chi connectivity index (χ3v) is 6.96. The molecule has 2 aromatic rings. The van der Waals surface area contributed by atoms with E-state index in [1.54, 1.807) is 12.5 Å². The summed E-state index contributed by atoms with van der Waals surface area (Å²) < 4.78 is 12.1. The molecule has 0 unspecified atom stereocenters. The molecule has 0 aliphatic carbocycles. The van der Waals surface area contributed by atoms with Gasteiger partial charge in [0, 0.05) is 24.5 Å². The van der Waals surface area contributed by atoms with Gasteiger partial charge in [-0.2, -0.15) is 0 Å². The second-order valence-corrected chi connectivity index (χ2v) is 11.0. The number of thiol groups is 1. The average Bonchev–Trinajstić information content (AvgIpc) is 2.68. The fourth-order valence-electron chi connectivity index (χ4n) is 3.70. The first kappa shape index (κ1) is 19.8. The normalized spacial score (nSPS) is 16.3. The van der Waals surface area contributed by atoms with E-state index in [9.17, 15) is 9.00 Å². The summed E-state index contributed by atoms with van der Waals surface area (Å²) >= 11 is 0. The summed E-state index contributed by atoms with van der Waals surface area (Å²) in [6, 6.07) is 16.1. The molecule has 0 aromatic heterocycles. The molecule has 1 aliphatic heterocycles. The van der Waals surface area contributed by atoms with E-state index < -0.39 is 9.93 Å². The molecule has 4 nitrogen and oxygen atoms in total. The summed E-state index contributed by atoms with van der Waals surface area (Å²) in [5.41, 5.74) is 9.23. The van der Waals surface area contributed by atoms with Gasteiger partial charge in [0.25, 0.3) is 0 Å². The Balaban J connectivity index is 1.56. The first-order chi connectivity index (χ1) is 12.9. The highest BCUT2D eigenvalue weighted by Gasteiger charge is 2.24. The van der Waals surface area contributed by atoms with Gasteiger partial charge in [-0.1, -0.05) is 46.3 Å². The lowest BCUT2D eigenvalue weighted by Gasteiger charge is -2.32. The maximum atomic E-state index is 12.6. The van der Waals surface area contributed by atoms with Crippen LogP contribution in [0.4, 0.5) is 0 Å². The third kappa shape index (κ3) is 5.05. The second-order valence-electron chi connectivity index (χ2n) is 7.80. The number of hydrogen-bond donors (Lipinski definition) is 2. The minimum absolute atomic E-state index is 0.174. The quantitative estimate of drug-likeness (QED) is 0.777. The number of likely N-dealkylation sites (tertiary alicyclic amines) is 1. The van der Waals surface area contributed by atoms with Gasteiger partial charge in [0.05, 0.1) is 6.42 Å². The Bertz CT molecular complexity index is 834. The molecule has 1 amide bonds. The van der Waals surface area contributed by atoms with E-state index >= 15 is 0 Å². The number of piperidine rings is 1. The van der Waals surface area contributed by atoms with Crippen molar-refractivity contribution >= 4 is 15.8 Å². The van der Waals surface area contributed by atoms with E-state index in [-0.39, 0.29) is 5.91 Å². The van der Waals surface area contributed by atoms with Crippen LogP contribution in [-0.4, -0.2) is 40.6 Å². The predicted molar refractivity (Wildman–Crippen MR) is 113 cm³/mol. The molecule has 146 valence electrons. The van der Waals surface area contributed by atoms with E-state index in [1.165, 1.54) is 5.56 Å². The zero-order chi connectivity index (χ0) is 19.4. The van der Waals surface area contributed by atoms with E-state index in [0.29, 0.717) is 18.9 Å². The van der Waals surface area contributed by atoms with Crippen molar-refractivity contribution < 1.29 is 9.00 Å². The molecular weight excluding hydrogens is 356 g/mol. The largest absolute Gasteiger partial charge is 0.342 e. The highest BCUT2D eigenvalue weighted by Crippen LogP contribution is 2.29. The molecule has 1 heterocycles. The molecule has 3 rings (SSSR count). The number of hydrogen-bond acceptors (Lipinski definition) is 3. The molecule has 0 spiro atoms. The van der Waals surface area contributed by atoms with Crippen molar-refractivity contribution in [2.75, 3.05) is 25.6 Å². The van der Waals surface area contributed by atoms with E-state index in [4.69, 9.17) is 5.73 Å². The van der Waals surface area contributed by atoms with Gasteiger partial charge in [-0.25, -0.2) is 0 Å². The van der Waals surface area contributed by atoms with Crippen LogP contribution in [0.2, 0.25) is 0 Å². The van der Waals surface area contributed by atoms with E-state index in [1.807, 2.05) is 29.2 Å². The van der Waals surface area contributed by atoms with Gasteiger partial charge in [0.1, 0.15) is 0 Å². The number of amides is 1. The molecule has 0 bridgehead atoms. The molecule has 5 heteroatoms. The van der Waals surface area contributed by atoms with Gasteiger partial charge >= 0.3 is 0 Å². The SMILES string of the molecule is C[SH](C)(=O)c1ccc(CC(=O)N2CCC(c3cccc(CN)c3)CC2)cc1. The minimum Gasteiger partial charge on any atom is -0.342 e. The Morgan fingerprint density at radius 1 is 1.07 bits per heavy atom. The number of nitrogens with zero attached hydrogens (tertiary/aromatic N) is 1. The van der Waals surface area contributed by atoms with Crippen LogP contribution < -0.4 is 5.73 Å². The first-order valence-electron chi connectivity index (χ1n) is 9.58. The number of carbonyl (C=O) groups is 1. The number of nitrogens with two attached hydrogens (primary N) is 1. The average molecular weight is 387 g/mol. The van der Waals surface area contributed by atoms with E-state index in [0.717, 1.165) is 42.0 Å². The zero-order valence-corrected chi connectivity index (χ0v) is 17.1. The Morgan fingerprint density at radius 2 is 1.74 bits per heavy atom. The highest BCUT2D eigenvalue weighted by molar-refractivity contribution is 8.01. The third-order valence-electron chi connectivity index (χ3n) is 5.42. The molecule has 27 heavy (non-hydrogen) atoms. The molecule has 0 atom stereocenters. The van der Waals surface area contributed by atoms with Crippen molar-refractivity contribution in [1.82, 2.24) is 4.90 Å². The first-order valence-corrected chi connectivity index (χ1v) is 12.2. The maximum Gasteiger partial charge on any atom is 0.226 e. The van der Waals surface area contributed by atoms with Crippen molar-refractivity contribution in [3.8, 4) is 0 Å². The van der Waals surface area contributed by atoms with E-state index in [2.05, 4.69) is 24.3 Å². The van der Waals surface area contributed by atoms with Crippen LogP contribution in [0.15, 0.2) is 53.4 Å². The molecule has 0 saturated carbocycles. The molecule has 2 N–H and O–H groups in total. The molecule has 1 saturated heterocycles.